The van der Waals surface area contributed by atoms with Gasteiger partial charge in [0, 0.05) is 31.6 Å². The monoisotopic (exact) mass is 412 g/mol. The van der Waals surface area contributed by atoms with E-state index in [4.69, 9.17) is 14.2 Å². The summed E-state index contributed by atoms with van der Waals surface area (Å²) >= 11 is 0. The molecular weight excluding hydrogens is 384 g/mol. The molecule has 2 aromatic rings. The molecule has 7 heteroatoms. The van der Waals surface area contributed by atoms with Gasteiger partial charge in [0.1, 0.15) is 5.75 Å². The van der Waals surface area contributed by atoms with E-state index >= 15 is 0 Å². The first-order valence-corrected chi connectivity index (χ1v) is 9.94. The third-order valence-corrected chi connectivity index (χ3v) is 5.30. The zero-order valence-electron chi connectivity index (χ0n) is 17.6. The van der Waals surface area contributed by atoms with Crippen LogP contribution in [0.4, 0.5) is 0 Å². The molecule has 1 saturated heterocycles. The van der Waals surface area contributed by atoms with E-state index < -0.39 is 0 Å². The minimum atomic E-state index is -0.336. The van der Waals surface area contributed by atoms with Gasteiger partial charge in [-0.25, -0.2) is 0 Å². The van der Waals surface area contributed by atoms with Gasteiger partial charge in [-0.2, -0.15) is 0 Å². The standard InChI is InChI=1S/C23H28N2O5/c1-28-19-7-5-4-6-17(19)14-25-15-18(13-22(25)26)23(27)24-11-10-16-8-9-20(29-2)21(12-16)30-3/h4-9,12,18H,10-11,13-15H2,1-3H3,(H,24,27)/t18-/m0/s1. The Balaban J connectivity index is 1.51. The molecule has 7 nitrogen and oxygen atoms in total. The Hall–Kier alpha value is -3.22. The molecule has 0 aliphatic carbocycles. The first kappa shape index (κ1) is 21.5. The molecule has 1 aliphatic heterocycles. The predicted octanol–water partition coefficient (Wildman–Crippen LogP) is 2.42. The number of methoxy groups -OCH3 is 3. The quantitative estimate of drug-likeness (QED) is 0.685. The maximum Gasteiger partial charge on any atom is 0.225 e. The number of hydrogen-bond donors (Lipinski definition) is 1. The highest BCUT2D eigenvalue weighted by atomic mass is 16.5. The summed E-state index contributed by atoms with van der Waals surface area (Å²) in [5, 5.41) is 2.95. The largest absolute Gasteiger partial charge is 0.496 e. The van der Waals surface area contributed by atoms with Crippen molar-refractivity contribution in [2.24, 2.45) is 5.92 Å². The van der Waals surface area contributed by atoms with Gasteiger partial charge in [0.15, 0.2) is 11.5 Å². The molecule has 2 amide bonds. The van der Waals surface area contributed by atoms with Gasteiger partial charge in [0.25, 0.3) is 0 Å². The SMILES string of the molecule is COc1ccccc1CN1C[C@@H](C(=O)NCCc2ccc(OC)c(OC)c2)CC1=O. The normalized spacial score (nSPS) is 15.8. The van der Waals surface area contributed by atoms with Gasteiger partial charge in [0.05, 0.1) is 27.2 Å². The lowest BCUT2D eigenvalue weighted by atomic mass is 10.1. The van der Waals surface area contributed by atoms with Gasteiger partial charge in [-0.1, -0.05) is 24.3 Å². The van der Waals surface area contributed by atoms with Crippen molar-refractivity contribution in [1.29, 1.82) is 0 Å². The molecule has 0 aromatic heterocycles. The van der Waals surface area contributed by atoms with Crippen molar-refractivity contribution in [3.8, 4) is 17.2 Å². The molecule has 1 atom stereocenters. The average Bonchev–Trinajstić information content (AvgIpc) is 3.14. The van der Waals surface area contributed by atoms with Crippen LogP contribution in [0.3, 0.4) is 0 Å². The number of carbonyl (C=O) groups is 2. The van der Waals surface area contributed by atoms with Gasteiger partial charge in [0.2, 0.25) is 11.8 Å². The number of nitrogens with zero attached hydrogens (tertiary/aromatic N) is 1. The van der Waals surface area contributed by atoms with Crippen LogP contribution in [0.5, 0.6) is 17.2 Å². The maximum absolute atomic E-state index is 12.6. The molecule has 30 heavy (non-hydrogen) atoms. The predicted molar refractivity (Wildman–Crippen MR) is 113 cm³/mol. The van der Waals surface area contributed by atoms with Crippen LogP contribution in [-0.4, -0.2) is 51.1 Å². The summed E-state index contributed by atoms with van der Waals surface area (Å²) < 4.78 is 15.9. The number of rotatable bonds is 9. The molecule has 2 aromatic carbocycles. The summed E-state index contributed by atoms with van der Waals surface area (Å²) in [7, 11) is 4.80. The number of para-hydroxylation sites is 1. The van der Waals surface area contributed by atoms with Crippen molar-refractivity contribution in [2.45, 2.75) is 19.4 Å². The fourth-order valence-electron chi connectivity index (χ4n) is 3.65. The minimum Gasteiger partial charge on any atom is -0.496 e. The third-order valence-electron chi connectivity index (χ3n) is 5.30. The van der Waals surface area contributed by atoms with Crippen LogP contribution in [0.15, 0.2) is 42.5 Å². The molecule has 1 heterocycles. The lowest BCUT2D eigenvalue weighted by molar-refractivity contribution is -0.129. The molecule has 160 valence electrons. The van der Waals surface area contributed by atoms with Gasteiger partial charge >= 0.3 is 0 Å². The van der Waals surface area contributed by atoms with E-state index in [0.717, 1.165) is 16.9 Å². The number of ether oxygens (including phenoxy) is 3. The fraction of sp³-hybridized carbons (Fsp3) is 0.391. The second kappa shape index (κ2) is 10.0. The molecule has 3 rings (SSSR count). The van der Waals surface area contributed by atoms with Crippen LogP contribution in [0.2, 0.25) is 0 Å². The van der Waals surface area contributed by atoms with E-state index in [1.54, 1.807) is 26.2 Å². The number of hydrogen-bond acceptors (Lipinski definition) is 5. The van der Waals surface area contributed by atoms with E-state index in [9.17, 15) is 9.59 Å². The fourth-order valence-corrected chi connectivity index (χ4v) is 3.65. The van der Waals surface area contributed by atoms with Crippen LogP contribution in [-0.2, 0) is 22.6 Å². The van der Waals surface area contributed by atoms with Gasteiger partial charge in [-0.05, 0) is 30.2 Å². The Bertz CT molecular complexity index is 899. The Labute approximate surface area is 176 Å². The Kier molecular flexibility index (Phi) is 7.17. The topological polar surface area (TPSA) is 77.1 Å². The summed E-state index contributed by atoms with van der Waals surface area (Å²) in [6.07, 6.45) is 0.898. The summed E-state index contributed by atoms with van der Waals surface area (Å²) in [6.45, 7) is 1.35. The summed E-state index contributed by atoms with van der Waals surface area (Å²) in [4.78, 5) is 26.7. The highest BCUT2D eigenvalue weighted by Crippen LogP contribution is 2.28. The van der Waals surface area contributed by atoms with E-state index in [0.29, 0.717) is 37.6 Å². The highest BCUT2D eigenvalue weighted by molar-refractivity contribution is 5.89. The molecular formula is C23H28N2O5. The summed E-state index contributed by atoms with van der Waals surface area (Å²) in [5.41, 5.74) is 1.97. The molecule has 0 spiro atoms. The van der Waals surface area contributed by atoms with Gasteiger partial charge in [-0.3, -0.25) is 9.59 Å². The Morgan fingerprint density at radius 1 is 1.03 bits per heavy atom. The zero-order valence-corrected chi connectivity index (χ0v) is 17.6. The van der Waals surface area contributed by atoms with E-state index in [-0.39, 0.29) is 24.2 Å². The van der Waals surface area contributed by atoms with E-state index in [1.807, 2.05) is 42.5 Å². The molecule has 0 unspecified atom stereocenters. The number of nitrogens with one attached hydrogen (secondary N) is 1. The number of likely N-dealkylation sites (tertiary alicyclic amines) is 1. The highest BCUT2D eigenvalue weighted by Gasteiger charge is 2.34. The molecule has 1 fully saturated rings. The van der Waals surface area contributed by atoms with Crippen molar-refractivity contribution in [3.63, 3.8) is 0 Å². The van der Waals surface area contributed by atoms with Crippen LogP contribution in [0, 0.1) is 5.92 Å². The van der Waals surface area contributed by atoms with Crippen molar-refractivity contribution < 1.29 is 23.8 Å². The van der Waals surface area contributed by atoms with E-state index in [2.05, 4.69) is 5.32 Å². The second-order valence-corrected chi connectivity index (χ2v) is 7.22. The Morgan fingerprint density at radius 3 is 2.50 bits per heavy atom. The zero-order chi connectivity index (χ0) is 21.5. The number of benzene rings is 2. The molecule has 0 saturated carbocycles. The lowest BCUT2D eigenvalue weighted by Gasteiger charge is -2.18. The molecule has 1 aliphatic rings. The lowest BCUT2D eigenvalue weighted by Crippen LogP contribution is -2.34. The third kappa shape index (κ3) is 5.03. The first-order valence-electron chi connectivity index (χ1n) is 9.94. The van der Waals surface area contributed by atoms with Crippen LogP contribution >= 0.6 is 0 Å². The molecule has 0 bridgehead atoms. The number of carbonyl (C=O) groups excluding carboxylic acids is 2. The number of amides is 2. The van der Waals surface area contributed by atoms with Crippen LogP contribution in [0.25, 0.3) is 0 Å². The van der Waals surface area contributed by atoms with E-state index in [1.165, 1.54) is 0 Å². The van der Waals surface area contributed by atoms with Crippen LogP contribution in [0.1, 0.15) is 17.5 Å². The smallest absolute Gasteiger partial charge is 0.225 e. The summed E-state index contributed by atoms with van der Waals surface area (Å²) in [6, 6.07) is 13.3. The summed E-state index contributed by atoms with van der Waals surface area (Å²) in [5.74, 6) is 1.64. The van der Waals surface area contributed by atoms with Crippen molar-refractivity contribution in [3.05, 3.63) is 53.6 Å². The average molecular weight is 412 g/mol. The maximum atomic E-state index is 12.6. The van der Waals surface area contributed by atoms with Crippen LogP contribution < -0.4 is 19.5 Å². The second-order valence-electron chi connectivity index (χ2n) is 7.22. The van der Waals surface area contributed by atoms with Gasteiger partial charge < -0.3 is 24.4 Å². The molecule has 1 N–H and O–H groups in total. The minimum absolute atomic E-state index is 0.0130. The van der Waals surface area contributed by atoms with Crippen molar-refractivity contribution in [1.82, 2.24) is 10.2 Å². The Morgan fingerprint density at radius 2 is 1.77 bits per heavy atom. The van der Waals surface area contributed by atoms with Crippen molar-refractivity contribution >= 4 is 11.8 Å². The molecule has 0 radical (unpaired) electrons. The van der Waals surface area contributed by atoms with Crippen molar-refractivity contribution in [2.75, 3.05) is 34.4 Å². The first-order chi connectivity index (χ1) is 14.5. The van der Waals surface area contributed by atoms with Gasteiger partial charge in [-0.15, -0.1) is 0 Å².